The van der Waals surface area contributed by atoms with Crippen LogP contribution in [0.3, 0.4) is 0 Å². The fourth-order valence-electron chi connectivity index (χ4n) is 1.92. The van der Waals surface area contributed by atoms with Crippen LogP contribution in [0.5, 0.6) is 0 Å². The lowest BCUT2D eigenvalue weighted by atomic mass is 10.2. The zero-order chi connectivity index (χ0) is 16.4. The van der Waals surface area contributed by atoms with Gasteiger partial charge in [0.05, 0.1) is 11.3 Å². The van der Waals surface area contributed by atoms with Crippen LogP contribution < -0.4 is 5.32 Å². The van der Waals surface area contributed by atoms with Gasteiger partial charge in [0.1, 0.15) is 11.6 Å². The van der Waals surface area contributed by atoms with E-state index in [2.05, 4.69) is 26.2 Å². The topological polar surface area (TPSA) is 42.0 Å². The molecule has 0 fully saturated rings. The summed E-state index contributed by atoms with van der Waals surface area (Å²) in [5.41, 5.74) is 1.23. The summed E-state index contributed by atoms with van der Waals surface area (Å²) in [5.74, 6) is -2.20. The lowest BCUT2D eigenvalue weighted by Crippen LogP contribution is -2.13. The second-order valence-corrected chi connectivity index (χ2v) is 6.40. The van der Waals surface area contributed by atoms with Gasteiger partial charge in [-0.1, -0.05) is 28.1 Å². The number of benzene rings is 2. The van der Waals surface area contributed by atoms with E-state index < -0.39 is 17.5 Å². The van der Waals surface area contributed by atoms with E-state index in [0.717, 1.165) is 28.2 Å². The first kappa shape index (κ1) is 15.8. The Morgan fingerprint density at radius 2 is 1.87 bits per heavy atom. The molecular weight excluding hydrogens is 386 g/mol. The Balaban J connectivity index is 1.80. The molecule has 0 aliphatic rings. The van der Waals surface area contributed by atoms with Gasteiger partial charge >= 0.3 is 0 Å². The zero-order valence-electron chi connectivity index (χ0n) is 11.5. The number of aromatic nitrogens is 1. The van der Waals surface area contributed by atoms with Crippen molar-refractivity contribution in [1.82, 2.24) is 4.98 Å². The normalized spacial score (nSPS) is 10.6. The number of carbonyl (C=O) groups excluding carboxylic acids is 1. The molecule has 1 heterocycles. The first-order valence-electron chi connectivity index (χ1n) is 6.51. The fraction of sp³-hybridized carbons (Fsp3) is 0. The van der Waals surface area contributed by atoms with Crippen LogP contribution in [0.2, 0.25) is 0 Å². The van der Waals surface area contributed by atoms with E-state index in [4.69, 9.17) is 0 Å². The summed E-state index contributed by atoms with van der Waals surface area (Å²) in [7, 11) is 0. The molecule has 23 heavy (non-hydrogen) atoms. The van der Waals surface area contributed by atoms with Crippen LogP contribution in [0.1, 0.15) is 10.4 Å². The van der Waals surface area contributed by atoms with Gasteiger partial charge in [-0.2, -0.15) is 0 Å². The van der Waals surface area contributed by atoms with Gasteiger partial charge in [-0.3, -0.25) is 10.1 Å². The maximum Gasteiger partial charge on any atom is 0.260 e. The van der Waals surface area contributed by atoms with Crippen LogP contribution in [0.25, 0.3) is 11.3 Å². The Hall–Kier alpha value is -2.12. The molecule has 0 aliphatic carbocycles. The average Bonchev–Trinajstić information content (AvgIpc) is 2.99. The minimum atomic E-state index is -0.784. The van der Waals surface area contributed by atoms with Crippen LogP contribution in [-0.2, 0) is 0 Å². The molecule has 0 radical (unpaired) electrons. The predicted octanol–water partition coefficient (Wildman–Crippen LogP) is 5.10. The largest absolute Gasteiger partial charge is 0.298 e. The van der Waals surface area contributed by atoms with Crippen molar-refractivity contribution in [3.8, 4) is 11.3 Å². The van der Waals surface area contributed by atoms with E-state index in [-0.39, 0.29) is 5.56 Å². The van der Waals surface area contributed by atoms with E-state index >= 15 is 0 Å². The Morgan fingerprint density at radius 1 is 1.13 bits per heavy atom. The van der Waals surface area contributed by atoms with Crippen LogP contribution in [0, 0.1) is 11.6 Å². The Bertz CT molecular complexity index is 865. The molecular formula is C16H9BrF2N2OS. The molecule has 0 aliphatic heterocycles. The molecule has 3 nitrogen and oxygen atoms in total. The summed E-state index contributed by atoms with van der Waals surface area (Å²) in [6.07, 6.45) is 0. The van der Waals surface area contributed by atoms with E-state index in [0.29, 0.717) is 10.8 Å². The van der Waals surface area contributed by atoms with Gasteiger partial charge in [0, 0.05) is 15.4 Å². The monoisotopic (exact) mass is 394 g/mol. The number of hydrogen-bond acceptors (Lipinski definition) is 3. The number of hydrogen-bond donors (Lipinski definition) is 1. The third-order valence-corrected chi connectivity index (χ3v) is 4.32. The molecule has 1 aromatic heterocycles. The lowest BCUT2D eigenvalue weighted by Gasteiger charge is -2.03. The maximum atomic E-state index is 13.6. The number of amides is 1. The van der Waals surface area contributed by atoms with Crippen LogP contribution in [0.15, 0.2) is 52.3 Å². The number of halogens is 3. The van der Waals surface area contributed by atoms with Crippen molar-refractivity contribution < 1.29 is 13.6 Å². The molecule has 0 unspecified atom stereocenters. The average molecular weight is 395 g/mol. The van der Waals surface area contributed by atoms with Crippen molar-refractivity contribution in [3.63, 3.8) is 0 Å². The number of anilines is 1. The minimum Gasteiger partial charge on any atom is -0.298 e. The Morgan fingerprint density at radius 3 is 2.61 bits per heavy atom. The maximum absolute atomic E-state index is 13.6. The summed E-state index contributed by atoms with van der Waals surface area (Å²) >= 11 is 4.56. The summed E-state index contributed by atoms with van der Waals surface area (Å²) in [5, 5.41) is 4.58. The molecule has 2 aromatic carbocycles. The highest BCUT2D eigenvalue weighted by Crippen LogP contribution is 2.26. The lowest BCUT2D eigenvalue weighted by molar-refractivity contribution is 0.102. The standard InChI is InChI=1S/C16H9BrF2N2OS/c17-10-3-1-9(2-4-10)14-8-23-16(20-14)21-15(22)12-7-11(18)5-6-13(12)19/h1-8H,(H,20,21,22). The number of nitrogens with zero attached hydrogens (tertiary/aromatic N) is 1. The molecule has 116 valence electrons. The molecule has 0 bridgehead atoms. The van der Waals surface area contributed by atoms with E-state index in [1.807, 2.05) is 24.3 Å². The van der Waals surface area contributed by atoms with Crippen LogP contribution in [0.4, 0.5) is 13.9 Å². The van der Waals surface area contributed by atoms with Crippen molar-refractivity contribution in [1.29, 1.82) is 0 Å². The third-order valence-electron chi connectivity index (χ3n) is 3.04. The van der Waals surface area contributed by atoms with Gasteiger partial charge in [-0.25, -0.2) is 13.8 Å². The smallest absolute Gasteiger partial charge is 0.260 e. The first-order chi connectivity index (χ1) is 11.0. The highest BCUT2D eigenvalue weighted by atomic mass is 79.9. The zero-order valence-corrected chi connectivity index (χ0v) is 13.9. The van der Waals surface area contributed by atoms with Gasteiger partial charge in [-0.15, -0.1) is 11.3 Å². The number of carbonyl (C=O) groups is 1. The molecule has 0 saturated heterocycles. The third kappa shape index (κ3) is 3.62. The van der Waals surface area contributed by atoms with Crippen molar-refractivity contribution >= 4 is 38.3 Å². The quantitative estimate of drug-likeness (QED) is 0.670. The van der Waals surface area contributed by atoms with Gasteiger partial charge in [0.15, 0.2) is 5.13 Å². The van der Waals surface area contributed by atoms with E-state index in [9.17, 15) is 13.6 Å². The van der Waals surface area contributed by atoms with Crippen LogP contribution >= 0.6 is 27.3 Å². The summed E-state index contributed by atoms with van der Waals surface area (Å²) in [6, 6.07) is 10.3. The van der Waals surface area contributed by atoms with Crippen molar-refractivity contribution in [2.24, 2.45) is 0 Å². The molecule has 0 spiro atoms. The summed E-state index contributed by atoms with van der Waals surface area (Å²) < 4.78 is 27.7. The first-order valence-corrected chi connectivity index (χ1v) is 8.18. The Labute approximate surface area is 143 Å². The van der Waals surface area contributed by atoms with Gasteiger partial charge in [0.25, 0.3) is 5.91 Å². The van der Waals surface area contributed by atoms with Crippen LogP contribution in [-0.4, -0.2) is 10.9 Å². The van der Waals surface area contributed by atoms with Crippen molar-refractivity contribution in [2.75, 3.05) is 5.32 Å². The van der Waals surface area contributed by atoms with Gasteiger partial charge in [-0.05, 0) is 30.3 Å². The second kappa shape index (κ2) is 6.55. The van der Waals surface area contributed by atoms with Crippen molar-refractivity contribution in [3.05, 3.63) is 69.5 Å². The molecule has 3 rings (SSSR count). The summed E-state index contributed by atoms with van der Waals surface area (Å²) in [6.45, 7) is 0. The SMILES string of the molecule is O=C(Nc1nc(-c2ccc(Br)cc2)cs1)c1cc(F)ccc1F. The highest BCUT2D eigenvalue weighted by Gasteiger charge is 2.15. The predicted molar refractivity (Wildman–Crippen MR) is 89.6 cm³/mol. The number of rotatable bonds is 3. The van der Waals surface area contributed by atoms with E-state index in [1.54, 1.807) is 5.38 Å². The molecule has 3 aromatic rings. The molecule has 1 amide bonds. The number of nitrogens with one attached hydrogen (secondary N) is 1. The number of thiazole rings is 1. The molecule has 0 saturated carbocycles. The summed E-state index contributed by atoms with van der Waals surface area (Å²) in [4.78, 5) is 16.3. The van der Waals surface area contributed by atoms with Gasteiger partial charge in [0.2, 0.25) is 0 Å². The molecule has 7 heteroatoms. The van der Waals surface area contributed by atoms with E-state index in [1.165, 1.54) is 11.3 Å². The second-order valence-electron chi connectivity index (χ2n) is 4.62. The molecule has 1 N–H and O–H groups in total. The van der Waals surface area contributed by atoms with Gasteiger partial charge < -0.3 is 0 Å². The highest BCUT2D eigenvalue weighted by molar-refractivity contribution is 9.10. The fourth-order valence-corrected chi connectivity index (χ4v) is 2.90. The van der Waals surface area contributed by atoms with Crippen molar-refractivity contribution in [2.45, 2.75) is 0 Å². The Kier molecular flexibility index (Phi) is 4.49. The molecule has 0 atom stereocenters. The minimum absolute atomic E-state index is 0.316.